The molecule has 0 aliphatic rings. The molecule has 0 aliphatic carbocycles. The fraction of sp³-hybridized carbons (Fsp3) is 0.167. The zero-order chi connectivity index (χ0) is 15.4. The number of rotatable bonds is 4. The summed E-state index contributed by atoms with van der Waals surface area (Å²) >= 11 is 0. The second-order valence-electron chi connectivity index (χ2n) is 5.10. The molecule has 0 saturated heterocycles. The molecule has 0 atom stereocenters. The van der Waals surface area contributed by atoms with E-state index in [1.165, 1.54) is 5.56 Å². The van der Waals surface area contributed by atoms with Crippen LogP contribution in [0.3, 0.4) is 0 Å². The Morgan fingerprint density at radius 3 is 2.27 bits per heavy atom. The molecule has 0 unspecified atom stereocenters. The highest BCUT2D eigenvalue weighted by molar-refractivity contribution is 5.73. The van der Waals surface area contributed by atoms with Gasteiger partial charge in [0.25, 0.3) is 0 Å². The van der Waals surface area contributed by atoms with Crippen LogP contribution in [-0.4, -0.2) is 21.7 Å². The Kier molecular flexibility index (Phi) is 4.10. The second-order valence-corrected chi connectivity index (χ2v) is 5.10. The average Bonchev–Trinajstić information content (AvgIpc) is 2.57. The minimum absolute atomic E-state index is 0.637. The van der Waals surface area contributed by atoms with Crippen molar-refractivity contribution in [1.29, 1.82) is 0 Å². The molecule has 4 heteroatoms. The van der Waals surface area contributed by atoms with E-state index in [1.54, 1.807) is 0 Å². The highest BCUT2D eigenvalue weighted by Gasteiger charge is 2.12. The number of hydrogen-bond acceptors (Lipinski definition) is 4. The molecular formula is C18H18N4. The minimum atomic E-state index is 0.637. The van der Waals surface area contributed by atoms with Crippen LogP contribution in [0.4, 0.5) is 5.82 Å². The van der Waals surface area contributed by atoms with Crippen molar-refractivity contribution >= 4 is 5.82 Å². The van der Waals surface area contributed by atoms with Crippen molar-refractivity contribution in [3.8, 4) is 22.6 Å². The third kappa shape index (κ3) is 2.96. The number of nitrogens with one attached hydrogen (secondary N) is 1. The van der Waals surface area contributed by atoms with E-state index in [0.717, 1.165) is 23.4 Å². The highest BCUT2D eigenvalue weighted by atomic mass is 15.2. The first-order valence-corrected chi connectivity index (χ1v) is 7.39. The number of nitrogens with zero attached hydrogens (tertiary/aromatic N) is 3. The van der Waals surface area contributed by atoms with Gasteiger partial charge in [-0.3, -0.25) is 0 Å². The Morgan fingerprint density at radius 1 is 0.864 bits per heavy atom. The molecule has 4 nitrogen and oxygen atoms in total. The normalized spacial score (nSPS) is 10.5. The van der Waals surface area contributed by atoms with E-state index < -0.39 is 0 Å². The lowest BCUT2D eigenvalue weighted by Crippen LogP contribution is -2.06. The molecule has 3 aromatic rings. The summed E-state index contributed by atoms with van der Waals surface area (Å²) in [7, 11) is 0. The van der Waals surface area contributed by atoms with E-state index in [0.29, 0.717) is 11.6 Å². The number of anilines is 1. The van der Waals surface area contributed by atoms with Crippen molar-refractivity contribution < 1.29 is 0 Å². The zero-order valence-electron chi connectivity index (χ0n) is 12.7. The van der Waals surface area contributed by atoms with Gasteiger partial charge in [0.1, 0.15) is 5.69 Å². The SMILES string of the molecule is CCNc1nnc(-c2ccccc2)nc1-c1ccc(C)cc1. The van der Waals surface area contributed by atoms with Crippen LogP contribution in [0.2, 0.25) is 0 Å². The maximum atomic E-state index is 4.73. The van der Waals surface area contributed by atoms with Crippen molar-refractivity contribution in [2.45, 2.75) is 13.8 Å². The third-order valence-electron chi connectivity index (χ3n) is 3.39. The number of hydrogen-bond donors (Lipinski definition) is 1. The molecule has 3 rings (SSSR count). The Bertz CT molecular complexity index is 752. The first-order chi connectivity index (χ1) is 10.8. The Balaban J connectivity index is 2.10. The van der Waals surface area contributed by atoms with Gasteiger partial charge in [0.15, 0.2) is 11.6 Å². The Morgan fingerprint density at radius 2 is 1.59 bits per heavy atom. The Labute approximate surface area is 130 Å². The monoisotopic (exact) mass is 290 g/mol. The van der Waals surface area contributed by atoms with Gasteiger partial charge in [-0.05, 0) is 13.8 Å². The van der Waals surface area contributed by atoms with Gasteiger partial charge < -0.3 is 5.32 Å². The molecule has 22 heavy (non-hydrogen) atoms. The molecule has 1 aromatic heterocycles. The summed E-state index contributed by atoms with van der Waals surface area (Å²) in [5.74, 6) is 1.35. The van der Waals surface area contributed by atoms with Crippen molar-refractivity contribution in [2.75, 3.05) is 11.9 Å². The van der Waals surface area contributed by atoms with E-state index in [-0.39, 0.29) is 0 Å². The van der Waals surface area contributed by atoms with Crippen LogP contribution in [0.1, 0.15) is 12.5 Å². The molecule has 1 heterocycles. The van der Waals surface area contributed by atoms with Crippen molar-refractivity contribution in [3.05, 3.63) is 60.2 Å². The van der Waals surface area contributed by atoms with Crippen LogP contribution < -0.4 is 5.32 Å². The molecule has 0 bridgehead atoms. The third-order valence-corrected chi connectivity index (χ3v) is 3.39. The molecule has 2 aromatic carbocycles. The maximum Gasteiger partial charge on any atom is 0.182 e. The van der Waals surface area contributed by atoms with E-state index in [1.807, 2.05) is 37.3 Å². The molecule has 0 amide bonds. The molecule has 0 saturated carbocycles. The standard InChI is InChI=1S/C18H18N4/c1-3-19-18-16(14-11-9-13(2)10-12-14)20-17(21-22-18)15-7-5-4-6-8-15/h4-12H,3H2,1-2H3,(H,19,22). The van der Waals surface area contributed by atoms with E-state index >= 15 is 0 Å². The zero-order valence-corrected chi connectivity index (χ0v) is 12.7. The minimum Gasteiger partial charge on any atom is -0.367 e. The number of aromatic nitrogens is 3. The summed E-state index contributed by atoms with van der Waals surface area (Å²) in [6.45, 7) is 4.88. The van der Waals surface area contributed by atoms with Gasteiger partial charge in [-0.25, -0.2) is 4.98 Å². The quantitative estimate of drug-likeness (QED) is 0.790. The molecule has 0 spiro atoms. The van der Waals surface area contributed by atoms with Crippen molar-refractivity contribution in [3.63, 3.8) is 0 Å². The summed E-state index contributed by atoms with van der Waals surface area (Å²) in [5, 5.41) is 11.8. The van der Waals surface area contributed by atoms with E-state index in [2.05, 4.69) is 46.7 Å². The van der Waals surface area contributed by atoms with Gasteiger partial charge in [-0.2, -0.15) is 0 Å². The Hall–Kier alpha value is -2.75. The predicted octanol–water partition coefficient (Wildman–Crippen LogP) is 3.95. The number of aryl methyl sites for hydroxylation is 1. The summed E-state index contributed by atoms with van der Waals surface area (Å²) < 4.78 is 0. The fourth-order valence-electron chi connectivity index (χ4n) is 2.23. The van der Waals surface area contributed by atoms with Crippen LogP contribution in [0.15, 0.2) is 54.6 Å². The largest absolute Gasteiger partial charge is 0.367 e. The molecule has 0 radical (unpaired) electrons. The molecule has 0 fully saturated rings. The van der Waals surface area contributed by atoms with Gasteiger partial charge in [0.2, 0.25) is 0 Å². The van der Waals surface area contributed by atoms with E-state index in [4.69, 9.17) is 4.98 Å². The summed E-state index contributed by atoms with van der Waals surface area (Å²) in [6, 6.07) is 18.2. The maximum absolute atomic E-state index is 4.73. The van der Waals surface area contributed by atoms with Gasteiger partial charge in [0.05, 0.1) is 0 Å². The van der Waals surface area contributed by atoms with Crippen LogP contribution >= 0.6 is 0 Å². The van der Waals surface area contributed by atoms with Gasteiger partial charge in [0, 0.05) is 17.7 Å². The summed E-state index contributed by atoms with van der Waals surface area (Å²) in [5.41, 5.74) is 4.05. The fourth-order valence-corrected chi connectivity index (χ4v) is 2.23. The summed E-state index contributed by atoms with van der Waals surface area (Å²) in [4.78, 5) is 4.73. The van der Waals surface area contributed by atoms with Crippen molar-refractivity contribution in [2.24, 2.45) is 0 Å². The van der Waals surface area contributed by atoms with Gasteiger partial charge in [-0.1, -0.05) is 60.2 Å². The van der Waals surface area contributed by atoms with Crippen LogP contribution in [0.25, 0.3) is 22.6 Å². The van der Waals surface area contributed by atoms with Crippen LogP contribution in [-0.2, 0) is 0 Å². The smallest absolute Gasteiger partial charge is 0.182 e. The average molecular weight is 290 g/mol. The summed E-state index contributed by atoms with van der Waals surface area (Å²) in [6.07, 6.45) is 0. The molecular weight excluding hydrogens is 272 g/mol. The van der Waals surface area contributed by atoms with Gasteiger partial charge >= 0.3 is 0 Å². The van der Waals surface area contributed by atoms with Gasteiger partial charge in [-0.15, -0.1) is 10.2 Å². The molecule has 1 N–H and O–H groups in total. The van der Waals surface area contributed by atoms with Crippen molar-refractivity contribution in [1.82, 2.24) is 15.2 Å². The second kappa shape index (κ2) is 6.35. The topological polar surface area (TPSA) is 50.7 Å². The lowest BCUT2D eigenvalue weighted by Gasteiger charge is -2.10. The first-order valence-electron chi connectivity index (χ1n) is 7.39. The molecule has 110 valence electrons. The van der Waals surface area contributed by atoms with Crippen LogP contribution in [0, 0.1) is 6.92 Å². The van der Waals surface area contributed by atoms with Crippen LogP contribution in [0.5, 0.6) is 0 Å². The number of benzene rings is 2. The predicted molar refractivity (Wildman–Crippen MR) is 89.6 cm³/mol. The lowest BCUT2D eigenvalue weighted by molar-refractivity contribution is 0.973. The molecule has 0 aliphatic heterocycles. The first kappa shape index (κ1) is 14.2. The highest BCUT2D eigenvalue weighted by Crippen LogP contribution is 2.26. The van der Waals surface area contributed by atoms with E-state index in [9.17, 15) is 0 Å². The lowest BCUT2D eigenvalue weighted by atomic mass is 10.1.